The lowest BCUT2D eigenvalue weighted by Gasteiger charge is -2.09. The fourth-order valence-corrected chi connectivity index (χ4v) is 3.22. The minimum Gasteiger partial charge on any atom is -0.477 e. The van der Waals surface area contributed by atoms with Gasteiger partial charge >= 0.3 is 11.2 Å². The van der Waals surface area contributed by atoms with Crippen molar-refractivity contribution >= 4 is 17.2 Å². The van der Waals surface area contributed by atoms with E-state index in [0.717, 1.165) is 16.8 Å². The van der Waals surface area contributed by atoms with Crippen LogP contribution in [-0.4, -0.2) is 14.7 Å². The molecule has 27 heavy (non-hydrogen) atoms. The third-order valence-corrected chi connectivity index (χ3v) is 4.66. The predicted molar refractivity (Wildman–Crippen MR) is 104 cm³/mol. The molecule has 2 aromatic carbocycles. The van der Waals surface area contributed by atoms with Gasteiger partial charge in [0.25, 0.3) is 5.88 Å². The van der Waals surface area contributed by atoms with Gasteiger partial charge in [0, 0.05) is 12.5 Å². The van der Waals surface area contributed by atoms with Gasteiger partial charge in [0.15, 0.2) is 5.15 Å². The highest BCUT2D eigenvalue weighted by molar-refractivity contribution is 6.29. The third kappa shape index (κ3) is 3.17. The maximum atomic E-state index is 13.0. The molecule has 0 spiro atoms. The van der Waals surface area contributed by atoms with E-state index in [0.29, 0.717) is 5.65 Å². The minimum absolute atomic E-state index is 0.100. The second kappa shape index (κ2) is 6.85. The Hall–Kier alpha value is -3.18. The van der Waals surface area contributed by atoms with Crippen LogP contribution in [0.25, 0.3) is 11.3 Å². The highest BCUT2D eigenvalue weighted by atomic mass is 35.5. The molecule has 0 aliphatic heterocycles. The van der Waals surface area contributed by atoms with Gasteiger partial charge in [-0.1, -0.05) is 69.2 Å². The molecule has 5 nitrogen and oxygen atoms in total. The standard InChI is InChI=1S/C21H16ClN3O2/c1-14-7-9-16(10-8-14)24-19-12-11-18(22)23-25(19)21(27)17(20(24)26)13-15-5-3-2-4-6-15/h2-12H,13H2,1H3/p+1. The summed E-state index contributed by atoms with van der Waals surface area (Å²) in [7, 11) is 0. The van der Waals surface area contributed by atoms with Crippen LogP contribution in [0, 0.1) is 6.92 Å². The average molecular weight is 379 g/mol. The Morgan fingerprint density at radius 2 is 1.74 bits per heavy atom. The summed E-state index contributed by atoms with van der Waals surface area (Å²) in [6, 6.07) is 20.5. The molecule has 4 aromatic rings. The lowest BCUT2D eigenvalue weighted by molar-refractivity contribution is -0.581. The van der Waals surface area contributed by atoms with Crippen molar-refractivity contribution in [3.63, 3.8) is 0 Å². The second-order valence-corrected chi connectivity index (χ2v) is 6.75. The summed E-state index contributed by atoms with van der Waals surface area (Å²) in [6.07, 6.45) is 0.286. The smallest absolute Gasteiger partial charge is 0.370 e. The highest BCUT2D eigenvalue weighted by Gasteiger charge is 2.26. The number of fused-ring (bicyclic) bond motifs is 1. The van der Waals surface area contributed by atoms with Gasteiger partial charge in [-0.2, -0.15) is 4.57 Å². The number of rotatable bonds is 3. The summed E-state index contributed by atoms with van der Waals surface area (Å²) < 4.78 is 2.85. The molecule has 4 rings (SSSR count). The second-order valence-electron chi connectivity index (χ2n) is 6.37. The monoisotopic (exact) mass is 378 g/mol. The first-order valence-electron chi connectivity index (χ1n) is 8.51. The van der Waals surface area contributed by atoms with E-state index >= 15 is 0 Å². The van der Waals surface area contributed by atoms with E-state index in [1.54, 1.807) is 16.7 Å². The van der Waals surface area contributed by atoms with Crippen LogP contribution in [0.2, 0.25) is 5.15 Å². The zero-order valence-corrected chi connectivity index (χ0v) is 15.4. The molecule has 0 unspecified atom stereocenters. The molecule has 0 aliphatic carbocycles. The minimum atomic E-state index is -0.391. The molecule has 0 fully saturated rings. The van der Waals surface area contributed by atoms with Crippen LogP contribution in [-0.2, 0) is 6.42 Å². The third-order valence-electron chi connectivity index (χ3n) is 4.46. The van der Waals surface area contributed by atoms with Gasteiger partial charge in [-0.15, -0.1) is 0 Å². The Morgan fingerprint density at radius 1 is 1.04 bits per heavy atom. The summed E-state index contributed by atoms with van der Waals surface area (Å²) in [4.78, 5) is 13.0. The topological polar surface area (TPSA) is 58.5 Å². The van der Waals surface area contributed by atoms with Gasteiger partial charge < -0.3 is 5.11 Å². The van der Waals surface area contributed by atoms with Gasteiger partial charge in [0.2, 0.25) is 0 Å². The number of aromatic nitrogens is 3. The van der Waals surface area contributed by atoms with Gasteiger partial charge in [-0.05, 0) is 30.7 Å². The van der Waals surface area contributed by atoms with Gasteiger partial charge in [-0.25, -0.2) is 4.79 Å². The summed E-state index contributed by atoms with van der Waals surface area (Å²) in [5.74, 6) is -0.100. The van der Waals surface area contributed by atoms with Crippen molar-refractivity contribution in [1.82, 2.24) is 9.61 Å². The van der Waals surface area contributed by atoms with Gasteiger partial charge in [-0.3, -0.25) is 0 Å². The lowest BCUT2D eigenvalue weighted by atomic mass is 10.1. The van der Waals surface area contributed by atoms with Crippen molar-refractivity contribution in [2.24, 2.45) is 0 Å². The van der Waals surface area contributed by atoms with Crippen molar-refractivity contribution < 1.29 is 9.67 Å². The van der Waals surface area contributed by atoms with Crippen molar-refractivity contribution in [1.29, 1.82) is 0 Å². The zero-order chi connectivity index (χ0) is 19.0. The van der Waals surface area contributed by atoms with Gasteiger partial charge in [0.05, 0.1) is 0 Å². The molecule has 134 valence electrons. The van der Waals surface area contributed by atoms with Crippen LogP contribution in [0.5, 0.6) is 5.88 Å². The Bertz CT molecular complexity index is 1190. The fourth-order valence-electron chi connectivity index (χ4n) is 3.08. The van der Waals surface area contributed by atoms with E-state index in [4.69, 9.17) is 11.6 Å². The van der Waals surface area contributed by atoms with Crippen LogP contribution in [0.15, 0.2) is 71.5 Å². The van der Waals surface area contributed by atoms with Gasteiger partial charge in [0.1, 0.15) is 11.3 Å². The highest BCUT2D eigenvalue weighted by Crippen LogP contribution is 2.18. The summed E-state index contributed by atoms with van der Waals surface area (Å²) >= 11 is 6.02. The molecule has 6 heteroatoms. The van der Waals surface area contributed by atoms with E-state index < -0.39 is 5.56 Å². The van der Waals surface area contributed by atoms with Crippen LogP contribution >= 0.6 is 11.6 Å². The van der Waals surface area contributed by atoms with Crippen molar-refractivity contribution in [2.75, 3.05) is 0 Å². The number of aromatic hydroxyl groups is 1. The molecule has 0 aliphatic rings. The predicted octanol–water partition coefficient (Wildman–Crippen LogP) is 3.23. The van der Waals surface area contributed by atoms with Crippen molar-refractivity contribution in [2.45, 2.75) is 13.3 Å². The van der Waals surface area contributed by atoms with E-state index in [9.17, 15) is 9.90 Å². The lowest BCUT2D eigenvalue weighted by Crippen LogP contribution is -2.40. The van der Waals surface area contributed by atoms with Crippen LogP contribution in [0.4, 0.5) is 0 Å². The van der Waals surface area contributed by atoms with Crippen molar-refractivity contribution in [3.05, 3.63) is 98.9 Å². The molecule has 2 aromatic heterocycles. The molecule has 0 saturated heterocycles. The normalized spacial score (nSPS) is 11.0. The molecule has 0 amide bonds. The maximum Gasteiger partial charge on any atom is 0.370 e. The van der Waals surface area contributed by atoms with Crippen LogP contribution in [0.1, 0.15) is 16.7 Å². The Kier molecular flexibility index (Phi) is 4.38. The van der Waals surface area contributed by atoms with Crippen LogP contribution in [0.3, 0.4) is 0 Å². The molecule has 0 bridgehead atoms. The Morgan fingerprint density at radius 3 is 2.44 bits per heavy atom. The van der Waals surface area contributed by atoms with E-state index in [2.05, 4.69) is 5.10 Å². The SMILES string of the molecule is Cc1ccc(-[n+]2c(O)c(Cc3ccccc3)c(=O)n3nc(Cl)ccc32)cc1. The van der Waals surface area contributed by atoms with E-state index in [1.807, 2.05) is 61.5 Å². The van der Waals surface area contributed by atoms with Crippen molar-refractivity contribution in [3.8, 4) is 11.6 Å². The fraction of sp³-hybridized carbons (Fsp3) is 0.0952. The van der Waals surface area contributed by atoms with E-state index in [1.165, 1.54) is 4.52 Å². The first-order chi connectivity index (χ1) is 13.0. The quantitative estimate of drug-likeness (QED) is 0.557. The molecular formula is C21H17ClN3O2+. The number of halogens is 1. The summed E-state index contributed by atoms with van der Waals surface area (Å²) in [5.41, 5.74) is 3.05. The molecule has 0 atom stereocenters. The maximum absolute atomic E-state index is 13.0. The first-order valence-corrected chi connectivity index (χ1v) is 8.89. The number of aryl methyl sites for hydroxylation is 1. The molecule has 2 heterocycles. The molecule has 0 radical (unpaired) electrons. The summed E-state index contributed by atoms with van der Waals surface area (Å²) in [6.45, 7) is 1.99. The Balaban J connectivity index is 2.03. The van der Waals surface area contributed by atoms with Crippen LogP contribution < -0.4 is 10.1 Å². The average Bonchev–Trinajstić information content (AvgIpc) is 2.68. The first kappa shape index (κ1) is 17.2. The zero-order valence-electron chi connectivity index (χ0n) is 14.6. The molecule has 0 saturated carbocycles. The number of benzene rings is 2. The molecular weight excluding hydrogens is 362 g/mol. The number of nitrogens with zero attached hydrogens (tertiary/aromatic N) is 3. The van der Waals surface area contributed by atoms with E-state index in [-0.39, 0.29) is 23.0 Å². The number of hydrogen-bond acceptors (Lipinski definition) is 3. The molecule has 1 N–H and O–H groups in total. The summed E-state index contributed by atoms with van der Waals surface area (Å²) in [5, 5.41) is 15.4. The Labute approximate surface area is 160 Å². The largest absolute Gasteiger partial charge is 0.477 e. The number of hydrogen-bond donors (Lipinski definition) is 1.